The van der Waals surface area contributed by atoms with Crippen LogP contribution in [0.2, 0.25) is 0 Å². The molecule has 88 valence electrons. The van der Waals surface area contributed by atoms with E-state index < -0.39 is 0 Å². The van der Waals surface area contributed by atoms with Crippen molar-refractivity contribution in [1.82, 2.24) is 5.32 Å². The molecule has 4 unspecified atom stereocenters. The van der Waals surface area contributed by atoms with Gasteiger partial charge in [-0.15, -0.1) is 11.3 Å². The van der Waals surface area contributed by atoms with Crippen LogP contribution >= 0.6 is 11.3 Å². The van der Waals surface area contributed by atoms with Gasteiger partial charge in [0.15, 0.2) is 0 Å². The van der Waals surface area contributed by atoms with Gasteiger partial charge in [-0.25, -0.2) is 0 Å². The molecule has 0 aromatic carbocycles. The Morgan fingerprint density at radius 3 is 2.88 bits per heavy atom. The maximum Gasteiger partial charge on any atom is 0.0627 e. The minimum Gasteiger partial charge on any atom is -0.375 e. The minimum absolute atomic E-state index is 0.486. The molecule has 0 aliphatic carbocycles. The summed E-state index contributed by atoms with van der Waals surface area (Å²) < 4.78 is 5.96. The molecular formula is C13H19NOS. The van der Waals surface area contributed by atoms with Gasteiger partial charge in [0.05, 0.1) is 12.2 Å². The normalized spacial score (nSPS) is 34.5. The van der Waals surface area contributed by atoms with Gasteiger partial charge >= 0.3 is 0 Å². The maximum absolute atomic E-state index is 5.96. The lowest BCUT2D eigenvalue weighted by Crippen LogP contribution is -2.31. The Bertz CT molecular complexity index is 376. The first kappa shape index (κ1) is 10.8. The molecule has 16 heavy (non-hydrogen) atoms. The highest BCUT2D eigenvalue weighted by Crippen LogP contribution is 2.45. The lowest BCUT2D eigenvalue weighted by Gasteiger charge is -2.27. The molecule has 0 spiro atoms. The van der Waals surface area contributed by atoms with Gasteiger partial charge in [-0.1, -0.05) is 0 Å². The van der Waals surface area contributed by atoms with Crippen molar-refractivity contribution in [2.75, 3.05) is 7.05 Å². The first-order chi connectivity index (χ1) is 7.78. The Morgan fingerprint density at radius 1 is 1.50 bits per heavy atom. The number of hydrogen-bond acceptors (Lipinski definition) is 3. The van der Waals surface area contributed by atoms with E-state index in [2.05, 4.69) is 30.7 Å². The van der Waals surface area contributed by atoms with E-state index in [1.807, 2.05) is 11.3 Å². The fourth-order valence-electron chi connectivity index (χ4n) is 3.28. The molecule has 3 heterocycles. The fourth-order valence-corrected chi connectivity index (χ4v) is 4.02. The minimum atomic E-state index is 0.486. The second kappa shape index (κ2) is 4.13. The summed E-state index contributed by atoms with van der Waals surface area (Å²) in [6, 6.07) is 2.80. The van der Waals surface area contributed by atoms with Crippen LogP contribution < -0.4 is 5.32 Å². The van der Waals surface area contributed by atoms with Crippen molar-refractivity contribution in [3.63, 3.8) is 0 Å². The second-order valence-electron chi connectivity index (χ2n) is 5.03. The van der Waals surface area contributed by atoms with Crippen LogP contribution in [0.25, 0.3) is 0 Å². The largest absolute Gasteiger partial charge is 0.375 e. The van der Waals surface area contributed by atoms with Crippen molar-refractivity contribution in [1.29, 1.82) is 0 Å². The number of rotatable bonds is 3. The zero-order valence-corrected chi connectivity index (χ0v) is 10.7. The molecule has 2 fully saturated rings. The van der Waals surface area contributed by atoms with Crippen LogP contribution in [-0.2, 0) is 4.74 Å². The van der Waals surface area contributed by atoms with Gasteiger partial charge in [0.2, 0.25) is 0 Å². The number of fused-ring (bicyclic) bond motifs is 2. The Balaban J connectivity index is 1.81. The van der Waals surface area contributed by atoms with Crippen molar-refractivity contribution in [3.05, 3.63) is 21.9 Å². The molecule has 0 saturated carbocycles. The van der Waals surface area contributed by atoms with Crippen LogP contribution in [0.1, 0.15) is 35.7 Å². The van der Waals surface area contributed by atoms with Gasteiger partial charge in [0, 0.05) is 16.8 Å². The molecule has 0 radical (unpaired) electrons. The number of ether oxygens (including phenoxy) is 1. The first-order valence-corrected chi connectivity index (χ1v) is 7.03. The van der Waals surface area contributed by atoms with Gasteiger partial charge in [-0.2, -0.15) is 0 Å². The summed E-state index contributed by atoms with van der Waals surface area (Å²) in [7, 11) is 2.07. The monoisotopic (exact) mass is 237 g/mol. The van der Waals surface area contributed by atoms with E-state index in [0.29, 0.717) is 24.2 Å². The third-order valence-corrected chi connectivity index (χ3v) is 4.88. The Morgan fingerprint density at radius 2 is 2.38 bits per heavy atom. The molecule has 1 aromatic heterocycles. The van der Waals surface area contributed by atoms with Gasteiger partial charge in [0.25, 0.3) is 0 Å². The second-order valence-corrected chi connectivity index (χ2v) is 6.15. The first-order valence-electron chi connectivity index (χ1n) is 6.15. The summed E-state index contributed by atoms with van der Waals surface area (Å²) in [6.07, 6.45) is 4.83. The quantitative estimate of drug-likeness (QED) is 0.873. The highest BCUT2D eigenvalue weighted by molar-refractivity contribution is 7.10. The third-order valence-electron chi connectivity index (χ3n) is 4.00. The van der Waals surface area contributed by atoms with E-state index in [4.69, 9.17) is 4.74 Å². The molecule has 1 aromatic rings. The van der Waals surface area contributed by atoms with E-state index in [1.54, 1.807) is 0 Å². The molecule has 2 saturated heterocycles. The molecule has 3 rings (SSSR count). The third kappa shape index (κ3) is 1.71. The Labute approximate surface area is 101 Å². The van der Waals surface area contributed by atoms with Crippen LogP contribution in [0, 0.1) is 12.8 Å². The summed E-state index contributed by atoms with van der Waals surface area (Å²) in [4.78, 5) is 1.40. The number of aryl methyl sites for hydroxylation is 1. The van der Waals surface area contributed by atoms with Crippen molar-refractivity contribution in [2.24, 2.45) is 5.92 Å². The molecule has 2 bridgehead atoms. The summed E-state index contributed by atoms with van der Waals surface area (Å²) >= 11 is 1.85. The van der Waals surface area contributed by atoms with E-state index in [1.165, 1.54) is 29.7 Å². The van der Waals surface area contributed by atoms with Crippen molar-refractivity contribution >= 4 is 11.3 Å². The smallest absolute Gasteiger partial charge is 0.0627 e. The number of thiophene rings is 1. The lowest BCUT2D eigenvalue weighted by molar-refractivity contribution is 0.0863. The van der Waals surface area contributed by atoms with Crippen LogP contribution in [0.5, 0.6) is 0 Å². The highest BCUT2D eigenvalue weighted by Gasteiger charge is 2.44. The molecule has 0 amide bonds. The van der Waals surface area contributed by atoms with Crippen molar-refractivity contribution in [3.8, 4) is 0 Å². The van der Waals surface area contributed by atoms with Crippen LogP contribution in [0.15, 0.2) is 11.4 Å². The van der Waals surface area contributed by atoms with E-state index in [0.717, 1.165) is 0 Å². The average molecular weight is 237 g/mol. The summed E-state index contributed by atoms with van der Waals surface area (Å²) in [6.45, 7) is 2.18. The van der Waals surface area contributed by atoms with Crippen LogP contribution in [-0.4, -0.2) is 19.3 Å². The Kier molecular flexibility index (Phi) is 2.78. The van der Waals surface area contributed by atoms with Gasteiger partial charge in [-0.05, 0) is 50.2 Å². The van der Waals surface area contributed by atoms with Crippen LogP contribution in [0.4, 0.5) is 0 Å². The predicted octanol–water partition coefficient (Wildman–Crippen LogP) is 2.88. The zero-order valence-electron chi connectivity index (χ0n) is 9.90. The molecule has 1 N–H and O–H groups in total. The van der Waals surface area contributed by atoms with Gasteiger partial charge < -0.3 is 10.1 Å². The topological polar surface area (TPSA) is 21.3 Å². The maximum atomic E-state index is 5.96. The lowest BCUT2D eigenvalue weighted by atomic mass is 9.81. The Hall–Kier alpha value is -0.380. The molecule has 2 aliphatic rings. The van der Waals surface area contributed by atoms with E-state index in [-0.39, 0.29) is 0 Å². The fraction of sp³-hybridized carbons (Fsp3) is 0.692. The number of nitrogens with one attached hydrogen (secondary N) is 1. The summed E-state index contributed by atoms with van der Waals surface area (Å²) in [5, 5.41) is 5.78. The van der Waals surface area contributed by atoms with Gasteiger partial charge in [-0.3, -0.25) is 0 Å². The molecule has 2 aliphatic heterocycles. The summed E-state index contributed by atoms with van der Waals surface area (Å²) in [5.41, 5.74) is 1.45. The van der Waals surface area contributed by atoms with E-state index >= 15 is 0 Å². The highest BCUT2D eigenvalue weighted by atomic mass is 32.1. The molecule has 2 nitrogen and oxygen atoms in total. The molecule has 4 atom stereocenters. The SMILES string of the molecule is CNC(c1csc(C)c1)C1CC2CCC1O2. The summed E-state index contributed by atoms with van der Waals surface area (Å²) in [5.74, 6) is 0.678. The standard InChI is InChI=1S/C13H19NOS/c1-8-5-9(7-16-8)13(14-2)11-6-10-3-4-12(11)15-10/h5,7,10-14H,3-4,6H2,1-2H3. The van der Waals surface area contributed by atoms with Crippen LogP contribution in [0.3, 0.4) is 0 Å². The van der Waals surface area contributed by atoms with Gasteiger partial charge in [0.1, 0.15) is 0 Å². The van der Waals surface area contributed by atoms with Crippen molar-refractivity contribution < 1.29 is 4.74 Å². The van der Waals surface area contributed by atoms with Crippen molar-refractivity contribution in [2.45, 2.75) is 44.4 Å². The molecule has 3 heteroatoms. The molecular weight excluding hydrogens is 218 g/mol. The predicted molar refractivity (Wildman–Crippen MR) is 66.9 cm³/mol. The zero-order chi connectivity index (χ0) is 11.1. The number of hydrogen-bond donors (Lipinski definition) is 1. The van der Waals surface area contributed by atoms with E-state index in [9.17, 15) is 0 Å². The average Bonchev–Trinajstić information content (AvgIpc) is 2.96.